The summed E-state index contributed by atoms with van der Waals surface area (Å²) >= 11 is 0. The van der Waals surface area contributed by atoms with E-state index in [9.17, 15) is 4.79 Å². The third kappa shape index (κ3) is 6.06. The Morgan fingerprint density at radius 1 is 1.20 bits per heavy atom. The molecule has 2 aromatic rings. The van der Waals surface area contributed by atoms with Gasteiger partial charge in [-0.25, -0.2) is 9.97 Å². The molecular weight excluding hydrogens is 316 g/mol. The first kappa shape index (κ1) is 18.7. The highest BCUT2D eigenvalue weighted by Gasteiger charge is 2.10. The third-order valence-corrected chi connectivity index (χ3v) is 3.70. The molecule has 0 saturated heterocycles. The number of rotatable bonds is 8. The van der Waals surface area contributed by atoms with E-state index >= 15 is 0 Å². The molecule has 134 valence electrons. The van der Waals surface area contributed by atoms with Crippen molar-refractivity contribution in [3.05, 3.63) is 47.3 Å². The van der Waals surface area contributed by atoms with E-state index in [0.717, 1.165) is 23.4 Å². The smallest absolute Gasteiger partial charge is 0.270 e. The highest BCUT2D eigenvalue weighted by Crippen LogP contribution is 2.13. The van der Waals surface area contributed by atoms with E-state index in [0.29, 0.717) is 30.6 Å². The number of hydrogen-bond acceptors (Lipinski definition) is 5. The van der Waals surface area contributed by atoms with E-state index in [2.05, 4.69) is 34.4 Å². The van der Waals surface area contributed by atoms with Crippen LogP contribution in [0.15, 0.2) is 30.3 Å². The molecular formula is C19H26N4O2. The van der Waals surface area contributed by atoms with Gasteiger partial charge in [-0.05, 0) is 43.0 Å². The van der Waals surface area contributed by atoms with Gasteiger partial charge in [0.2, 0.25) is 5.95 Å². The SMILES string of the molecule is COc1ccc(CNc2nc(C)cc(C(=O)NCCC(C)C)n2)cc1. The standard InChI is InChI=1S/C19H26N4O2/c1-13(2)9-10-20-18(24)17-11-14(3)22-19(23-17)21-12-15-5-7-16(25-4)8-6-15/h5-8,11,13H,9-10,12H2,1-4H3,(H,20,24)(H,21,22,23). The van der Waals surface area contributed by atoms with Crippen LogP contribution in [0, 0.1) is 12.8 Å². The van der Waals surface area contributed by atoms with Crippen molar-refractivity contribution in [1.82, 2.24) is 15.3 Å². The number of ether oxygens (including phenoxy) is 1. The van der Waals surface area contributed by atoms with Crippen molar-refractivity contribution < 1.29 is 9.53 Å². The summed E-state index contributed by atoms with van der Waals surface area (Å²) in [6.45, 7) is 7.32. The number of carbonyl (C=O) groups excluding carboxylic acids is 1. The minimum absolute atomic E-state index is 0.168. The molecule has 0 unspecified atom stereocenters. The Morgan fingerprint density at radius 3 is 2.56 bits per heavy atom. The van der Waals surface area contributed by atoms with E-state index in [1.165, 1.54) is 0 Å². The zero-order chi connectivity index (χ0) is 18.2. The van der Waals surface area contributed by atoms with Crippen molar-refractivity contribution in [2.24, 2.45) is 5.92 Å². The van der Waals surface area contributed by atoms with Gasteiger partial charge in [-0.3, -0.25) is 4.79 Å². The molecule has 6 heteroatoms. The van der Waals surface area contributed by atoms with Crippen LogP contribution in [0.3, 0.4) is 0 Å². The van der Waals surface area contributed by atoms with Gasteiger partial charge in [-0.15, -0.1) is 0 Å². The molecule has 6 nitrogen and oxygen atoms in total. The molecule has 0 bridgehead atoms. The number of aryl methyl sites for hydroxylation is 1. The second-order valence-corrected chi connectivity index (χ2v) is 6.36. The van der Waals surface area contributed by atoms with Crippen molar-refractivity contribution in [3.63, 3.8) is 0 Å². The van der Waals surface area contributed by atoms with Gasteiger partial charge in [0.25, 0.3) is 5.91 Å². The molecule has 0 spiro atoms. The molecule has 2 rings (SSSR count). The number of benzene rings is 1. The van der Waals surface area contributed by atoms with Gasteiger partial charge >= 0.3 is 0 Å². The summed E-state index contributed by atoms with van der Waals surface area (Å²) in [7, 11) is 1.64. The molecule has 0 aliphatic rings. The molecule has 0 radical (unpaired) electrons. The fourth-order valence-electron chi connectivity index (χ4n) is 2.25. The first-order chi connectivity index (χ1) is 12.0. The maximum atomic E-state index is 12.2. The molecule has 0 fully saturated rings. The average molecular weight is 342 g/mol. The number of amides is 1. The maximum absolute atomic E-state index is 12.2. The van der Waals surface area contributed by atoms with Gasteiger partial charge in [-0.1, -0.05) is 26.0 Å². The topological polar surface area (TPSA) is 76.1 Å². The molecule has 1 aromatic carbocycles. The Hall–Kier alpha value is -2.63. The summed E-state index contributed by atoms with van der Waals surface area (Å²) in [5, 5.41) is 6.07. The predicted octanol–water partition coefficient (Wildman–Crippen LogP) is 3.18. The molecule has 25 heavy (non-hydrogen) atoms. The van der Waals surface area contributed by atoms with Crippen LogP contribution in [0.25, 0.3) is 0 Å². The van der Waals surface area contributed by atoms with Crippen molar-refractivity contribution in [2.45, 2.75) is 33.7 Å². The Labute approximate surface area is 149 Å². The van der Waals surface area contributed by atoms with E-state index in [4.69, 9.17) is 4.74 Å². The molecule has 0 saturated carbocycles. The predicted molar refractivity (Wildman–Crippen MR) is 98.9 cm³/mol. The summed E-state index contributed by atoms with van der Waals surface area (Å²) < 4.78 is 5.15. The lowest BCUT2D eigenvalue weighted by Crippen LogP contribution is -2.26. The minimum atomic E-state index is -0.168. The van der Waals surface area contributed by atoms with Crippen molar-refractivity contribution in [3.8, 4) is 5.75 Å². The Kier molecular flexibility index (Phi) is 6.74. The maximum Gasteiger partial charge on any atom is 0.270 e. The van der Waals surface area contributed by atoms with Crippen LogP contribution >= 0.6 is 0 Å². The van der Waals surface area contributed by atoms with Gasteiger partial charge in [0.15, 0.2) is 0 Å². The Balaban J connectivity index is 1.98. The van der Waals surface area contributed by atoms with Gasteiger partial charge in [0, 0.05) is 18.8 Å². The van der Waals surface area contributed by atoms with E-state index < -0.39 is 0 Å². The number of anilines is 1. The lowest BCUT2D eigenvalue weighted by Gasteiger charge is -2.10. The van der Waals surface area contributed by atoms with Crippen LogP contribution in [-0.4, -0.2) is 29.5 Å². The van der Waals surface area contributed by atoms with Crippen molar-refractivity contribution >= 4 is 11.9 Å². The lowest BCUT2D eigenvalue weighted by atomic mass is 10.1. The molecule has 1 aromatic heterocycles. The summed E-state index contributed by atoms with van der Waals surface area (Å²) in [6.07, 6.45) is 0.943. The zero-order valence-electron chi connectivity index (χ0n) is 15.3. The van der Waals surface area contributed by atoms with Gasteiger partial charge in [0.1, 0.15) is 11.4 Å². The Bertz CT molecular complexity index is 699. The summed E-state index contributed by atoms with van der Waals surface area (Å²) in [4.78, 5) is 20.9. The first-order valence-corrected chi connectivity index (χ1v) is 8.48. The molecule has 0 aliphatic heterocycles. The van der Waals surface area contributed by atoms with Crippen molar-refractivity contribution in [2.75, 3.05) is 19.0 Å². The fraction of sp³-hybridized carbons (Fsp3) is 0.421. The number of methoxy groups -OCH3 is 1. The first-order valence-electron chi connectivity index (χ1n) is 8.48. The van der Waals surface area contributed by atoms with Crippen LogP contribution in [0.1, 0.15) is 42.0 Å². The van der Waals surface area contributed by atoms with Gasteiger partial charge in [0.05, 0.1) is 7.11 Å². The third-order valence-electron chi connectivity index (χ3n) is 3.70. The number of hydrogen-bond donors (Lipinski definition) is 2. The van der Waals surface area contributed by atoms with Crippen LogP contribution in [0.2, 0.25) is 0 Å². The van der Waals surface area contributed by atoms with Gasteiger partial charge < -0.3 is 15.4 Å². The summed E-state index contributed by atoms with van der Waals surface area (Å²) in [5.41, 5.74) is 2.21. The van der Waals surface area contributed by atoms with E-state index in [1.807, 2.05) is 31.2 Å². The average Bonchev–Trinajstić information content (AvgIpc) is 2.59. The minimum Gasteiger partial charge on any atom is -0.497 e. The molecule has 1 amide bonds. The van der Waals surface area contributed by atoms with Crippen LogP contribution in [0.5, 0.6) is 5.75 Å². The van der Waals surface area contributed by atoms with E-state index in [1.54, 1.807) is 13.2 Å². The monoisotopic (exact) mass is 342 g/mol. The Morgan fingerprint density at radius 2 is 1.92 bits per heavy atom. The number of aromatic nitrogens is 2. The fourth-order valence-corrected chi connectivity index (χ4v) is 2.25. The van der Waals surface area contributed by atoms with E-state index in [-0.39, 0.29) is 5.91 Å². The number of nitrogens with one attached hydrogen (secondary N) is 2. The van der Waals surface area contributed by atoms with Crippen LogP contribution in [0.4, 0.5) is 5.95 Å². The van der Waals surface area contributed by atoms with Crippen molar-refractivity contribution in [1.29, 1.82) is 0 Å². The largest absolute Gasteiger partial charge is 0.497 e. The normalized spacial score (nSPS) is 10.6. The van der Waals surface area contributed by atoms with Crippen LogP contribution in [-0.2, 0) is 6.54 Å². The summed E-state index contributed by atoms with van der Waals surface area (Å²) in [6, 6.07) is 9.45. The lowest BCUT2D eigenvalue weighted by molar-refractivity contribution is 0.0947. The summed E-state index contributed by atoms with van der Waals surface area (Å²) in [5.74, 6) is 1.65. The highest BCUT2D eigenvalue weighted by molar-refractivity contribution is 5.92. The van der Waals surface area contributed by atoms with Gasteiger partial charge in [-0.2, -0.15) is 0 Å². The second-order valence-electron chi connectivity index (χ2n) is 6.36. The quantitative estimate of drug-likeness (QED) is 0.770. The molecule has 0 aliphatic carbocycles. The number of carbonyl (C=O) groups is 1. The second kappa shape index (κ2) is 9.01. The zero-order valence-corrected chi connectivity index (χ0v) is 15.3. The highest BCUT2D eigenvalue weighted by atomic mass is 16.5. The van der Waals surface area contributed by atoms with Crippen LogP contribution < -0.4 is 15.4 Å². The number of nitrogens with zero attached hydrogens (tertiary/aromatic N) is 2. The molecule has 1 heterocycles. The molecule has 2 N–H and O–H groups in total. The molecule has 0 atom stereocenters.